The molecule has 1 fully saturated rings. The smallest absolute Gasteiger partial charge is 0.254 e. The molecule has 0 amide bonds. The molecule has 0 bridgehead atoms. The molecule has 2 N–H and O–H groups in total. The van der Waals surface area contributed by atoms with Gasteiger partial charge in [0.05, 0.1) is 5.56 Å². The predicted octanol–water partition coefficient (Wildman–Crippen LogP) is 3.47. The van der Waals surface area contributed by atoms with Crippen molar-refractivity contribution in [1.82, 2.24) is 0 Å². The van der Waals surface area contributed by atoms with Crippen LogP contribution in [0.25, 0.3) is 10.9 Å². The molecule has 0 atom stereocenters. The number of para-hydroxylation sites is 1. The fourth-order valence-electron chi connectivity index (χ4n) is 3.33. The SMILES string of the molecule is FC(F)(F)c1c[nH+]c(N2CCN(c3ccc4ccccc4[nH+]3)CC2)c(Cl)c1. The molecule has 4 nitrogen and oxygen atoms in total. The number of hydrogen-bond acceptors (Lipinski definition) is 2. The van der Waals surface area contributed by atoms with E-state index in [1.165, 1.54) is 0 Å². The van der Waals surface area contributed by atoms with Crippen LogP contribution in [0.2, 0.25) is 5.02 Å². The lowest BCUT2D eigenvalue weighted by Crippen LogP contribution is -2.49. The molecule has 0 spiro atoms. The summed E-state index contributed by atoms with van der Waals surface area (Å²) in [6.07, 6.45) is -3.45. The summed E-state index contributed by atoms with van der Waals surface area (Å²) in [5.74, 6) is 1.54. The van der Waals surface area contributed by atoms with Crippen LogP contribution in [0.5, 0.6) is 0 Å². The first-order valence-corrected chi connectivity index (χ1v) is 8.99. The summed E-state index contributed by atoms with van der Waals surface area (Å²) in [5.41, 5.74) is 0.289. The van der Waals surface area contributed by atoms with Gasteiger partial charge in [-0.05, 0) is 18.2 Å². The van der Waals surface area contributed by atoms with Crippen LogP contribution < -0.4 is 19.8 Å². The predicted molar refractivity (Wildman–Crippen MR) is 97.9 cm³/mol. The average molecular weight is 395 g/mol. The van der Waals surface area contributed by atoms with Gasteiger partial charge in [-0.25, -0.2) is 9.97 Å². The Morgan fingerprint density at radius 1 is 0.926 bits per heavy atom. The summed E-state index contributed by atoms with van der Waals surface area (Å²) in [6, 6.07) is 13.2. The van der Waals surface area contributed by atoms with Gasteiger partial charge in [0, 0.05) is 11.5 Å². The molecule has 1 aromatic carbocycles. The van der Waals surface area contributed by atoms with Crippen molar-refractivity contribution in [2.75, 3.05) is 36.0 Å². The van der Waals surface area contributed by atoms with Gasteiger partial charge >= 0.3 is 6.18 Å². The number of nitrogens with one attached hydrogen (secondary N) is 2. The number of rotatable bonds is 2. The highest BCUT2D eigenvalue weighted by molar-refractivity contribution is 6.32. The minimum Gasteiger partial charge on any atom is -0.254 e. The monoisotopic (exact) mass is 394 g/mol. The fourth-order valence-corrected chi connectivity index (χ4v) is 3.62. The van der Waals surface area contributed by atoms with Gasteiger partial charge in [0.2, 0.25) is 0 Å². The molecule has 0 aliphatic carbocycles. The number of hydrogen-bond donors (Lipinski definition) is 0. The third kappa shape index (κ3) is 3.64. The maximum absolute atomic E-state index is 12.8. The highest BCUT2D eigenvalue weighted by Gasteiger charge is 2.35. The number of aromatic amines is 2. The molecule has 1 aliphatic rings. The number of halogens is 4. The van der Waals surface area contributed by atoms with E-state index in [2.05, 4.69) is 33.1 Å². The Bertz CT molecular complexity index is 969. The molecular formula is C19H18ClF3N4+2. The van der Waals surface area contributed by atoms with Gasteiger partial charge in [-0.3, -0.25) is 9.80 Å². The van der Waals surface area contributed by atoms with Crippen LogP contribution in [-0.2, 0) is 6.18 Å². The van der Waals surface area contributed by atoms with Crippen LogP contribution in [0.15, 0.2) is 48.7 Å². The zero-order valence-electron chi connectivity index (χ0n) is 14.4. The van der Waals surface area contributed by atoms with E-state index in [0.717, 1.165) is 42.1 Å². The number of fused-ring (bicyclic) bond motifs is 1. The molecule has 27 heavy (non-hydrogen) atoms. The lowest BCUT2D eigenvalue weighted by molar-refractivity contribution is -0.367. The van der Waals surface area contributed by atoms with Gasteiger partial charge in [0.25, 0.3) is 11.6 Å². The van der Waals surface area contributed by atoms with E-state index in [-0.39, 0.29) is 5.02 Å². The highest BCUT2D eigenvalue weighted by atomic mass is 35.5. The lowest BCUT2D eigenvalue weighted by atomic mass is 10.2. The molecule has 1 saturated heterocycles. The van der Waals surface area contributed by atoms with E-state index in [4.69, 9.17) is 11.6 Å². The molecule has 140 valence electrons. The molecular weight excluding hydrogens is 377 g/mol. The maximum Gasteiger partial charge on any atom is 0.419 e. The summed E-state index contributed by atoms with van der Waals surface area (Å²) in [7, 11) is 0. The summed E-state index contributed by atoms with van der Waals surface area (Å²) in [6.45, 7) is 2.78. The minimum absolute atomic E-state index is 0.0792. The quantitative estimate of drug-likeness (QED) is 0.667. The number of alkyl halides is 3. The van der Waals surface area contributed by atoms with E-state index in [1.807, 2.05) is 23.1 Å². The molecule has 8 heteroatoms. The third-order valence-corrected chi connectivity index (χ3v) is 5.07. The van der Waals surface area contributed by atoms with E-state index in [9.17, 15) is 13.2 Å². The normalized spacial score (nSPS) is 15.4. The molecule has 2 aromatic heterocycles. The molecule has 0 saturated carbocycles. The van der Waals surface area contributed by atoms with E-state index in [1.54, 1.807) is 0 Å². The Labute approximate surface area is 159 Å². The van der Waals surface area contributed by atoms with Crippen LogP contribution in [-0.4, -0.2) is 26.2 Å². The van der Waals surface area contributed by atoms with Gasteiger partial charge in [-0.2, -0.15) is 13.2 Å². The second-order valence-electron chi connectivity index (χ2n) is 6.49. The zero-order chi connectivity index (χ0) is 19.0. The van der Waals surface area contributed by atoms with Crippen molar-refractivity contribution in [2.24, 2.45) is 0 Å². The van der Waals surface area contributed by atoms with Gasteiger partial charge < -0.3 is 0 Å². The summed E-state index contributed by atoms with van der Waals surface area (Å²) < 4.78 is 38.4. The van der Waals surface area contributed by atoms with Gasteiger partial charge in [-0.1, -0.05) is 29.8 Å². The second kappa shape index (κ2) is 6.88. The number of anilines is 2. The van der Waals surface area contributed by atoms with Crippen molar-refractivity contribution in [2.45, 2.75) is 6.18 Å². The number of benzene rings is 1. The zero-order valence-corrected chi connectivity index (χ0v) is 15.1. The summed E-state index contributed by atoms with van der Waals surface area (Å²) in [4.78, 5) is 10.3. The topological polar surface area (TPSA) is 34.8 Å². The summed E-state index contributed by atoms with van der Waals surface area (Å²) >= 11 is 6.09. The Morgan fingerprint density at radius 3 is 2.33 bits per heavy atom. The average Bonchev–Trinajstić information content (AvgIpc) is 2.67. The van der Waals surface area contributed by atoms with Crippen molar-refractivity contribution in [3.05, 3.63) is 59.2 Å². The molecule has 0 unspecified atom stereocenters. The highest BCUT2D eigenvalue weighted by Crippen LogP contribution is 2.32. The number of piperazine rings is 1. The number of nitrogens with zero attached hydrogens (tertiary/aromatic N) is 2. The summed E-state index contributed by atoms with van der Waals surface area (Å²) in [5, 5.41) is 1.22. The molecule has 3 heterocycles. The Morgan fingerprint density at radius 2 is 1.63 bits per heavy atom. The van der Waals surface area contributed by atoms with E-state index < -0.39 is 11.7 Å². The minimum atomic E-state index is -4.41. The second-order valence-corrected chi connectivity index (χ2v) is 6.89. The Hall–Kier alpha value is -2.54. The molecule has 0 radical (unpaired) electrons. The van der Waals surface area contributed by atoms with Crippen molar-refractivity contribution < 1.29 is 23.1 Å². The van der Waals surface area contributed by atoms with Crippen LogP contribution in [0.4, 0.5) is 24.8 Å². The Kier molecular flexibility index (Phi) is 4.55. The van der Waals surface area contributed by atoms with E-state index >= 15 is 0 Å². The Balaban J connectivity index is 1.48. The molecule has 4 rings (SSSR count). The first-order valence-electron chi connectivity index (χ1n) is 8.61. The molecule has 1 aliphatic heterocycles. The number of pyridine rings is 2. The molecule has 3 aromatic rings. The van der Waals surface area contributed by atoms with Crippen molar-refractivity contribution in [1.29, 1.82) is 0 Å². The first kappa shape index (κ1) is 17.9. The number of H-pyrrole nitrogens is 2. The fraction of sp³-hybridized carbons (Fsp3) is 0.263. The largest absolute Gasteiger partial charge is 0.419 e. The van der Waals surface area contributed by atoms with Crippen molar-refractivity contribution >= 4 is 34.1 Å². The van der Waals surface area contributed by atoms with Crippen LogP contribution >= 0.6 is 11.6 Å². The third-order valence-electron chi connectivity index (χ3n) is 4.78. The first-order chi connectivity index (χ1) is 12.9. The van der Waals surface area contributed by atoms with E-state index in [0.29, 0.717) is 18.9 Å². The van der Waals surface area contributed by atoms with Crippen LogP contribution in [0.3, 0.4) is 0 Å². The van der Waals surface area contributed by atoms with Crippen LogP contribution in [0.1, 0.15) is 5.56 Å². The van der Waals surface area contributed by atoms with Crippen LogP contribution in [0, 0.1) is 0 Å². The van der Waals surface area contributed by atoms with Crippen molar-refractivity contribution in [3.63, 3.8) is 0 Å². The standard InChI is InChI=1S/C19H16ClF3N4/c20-15-11-14(19(21,22)23)12-24-18(15)27-9-7-26(8-10-27)17-6-5-13-3-1-2-4-16(13)25-17/h1-6,11-12H,7-10H2/p+2. The van der Waals surface area contributed by atoms with Crippen molar-refractivity contribution in [3.8, 4) is 0 Å². The lowest BCUT2D eigenvalue weighted by Gasteiger charge is -2.27. The van der Waals surface area contributed by atoms with Gasteiger partial charge in [-0.15, -0.1) is 0 Å². The number of aromatic nitrogens is 2. The van der Waals surface area contributed by atoms with Gasteiger partial charge in [0.1, 0.15) is 42.9 Å². The maximum atomic E-state index is 12.8. The van der Waals surface area contributed by atoms with Gasteiger partial charge in [0.15, 0.2) is 0 Å².